The third-order valence-electron chi connectivity index (χ3n) is 4.18. The van der Waals surface area contributed by atoms with Crippen molar-refractivity contribution in [1.82, 2.24) is 5.32 Å². The van der Waals surface area contributed by atoms with Gasteiger partial charge in [-0.2, -0.15) is 0 Å². The molecule has 1 aliphatic carbocycles. The summed E-state index contributed by atoms with van der Waals surface area (Å²) in [5, 5.41) is 16.5. The Morgan fingerprint density at radius 3 is 2.57 bits per heavy atom. The van der Waals surface area contributed by atoms with Crippen molar-refractivity contribution in [3.05, 3.63) is 23.8 Å². The minimum Gasteiger partial charge on any atom is -0.397 e. The molecule has 116 valence electrons. The Labute approximate surface area is 125 Å². The van der Waals surface area contributed by atoms with E-state index in [9.17, 15) is 9.90 Å². The lowest BCUT2D eigenvalue weighted by molar-refractivity contribution is 0.0381. The Balaban J connectivity index is 2.06. The summed E-state index contributed by atoms with van der Waals surface area (Å²) in [4.78, 5) is 11.7. The zero-order chi connectivity index (χ0) is 15.3. The highest BCUT2D eigenvalue weighted by molar-refractivity contribution is 5.96. The van der Waals surface area contributed by atoms with Gasteiger partial charge in [0.05, 0.1) is 17.0 Å². The molecule has 1 aromatic rings. The van der Waals surface area contributed by atoms with E-state index in [1.807, 2.05) is 0 Å². The highest BCUT2D eigenvalue weighted by Gasteiger charge is 2.27. The molecular weight excluding hydrogens is 266 g/mol. The summed E-state index contributed by atoms with van der Waals surface area (Å²) in [6, 6.07) is 5.14. The Hall–Kier alpha value is -1.75. The van der Waals surface area contributed by atoms with Crippen molar-refractivity contribution in [2.45, 2.75) is 44.1 Å². The molecule has 0 atom stereocenters. The lowest BCUT2D eigenvalue weighted by Crippen LogP contribution is -2.36. The second kappa shape index (κ2) is 6.80. The predicted molar refractivity (Wildman–Crippen MR) is 85.4 cm³/mol. The average molecular weight is 291 g/mol. The first-order valence-corrected chi connectivity index (χ1v) is 7.62. The minimum atomic E-state index is -0.675. The summed E-state index contributed by atoms with van der Waals surface area (Å²) >= 11 is 0. The minimum absolute atomic E-state index is 0.147. The Kier molecular flexibility index (Phi) is 5.07. The van der Waals surface area contributed by atoms with E-state index >= 15 is 0 Å². The zero-order valence-corrected chi connectivity index (χ0v) is 12.6. The van der Waals surface area contributed by atoms with Gasteiger partial charge < -0.3 is 21.5 Å². The van der Waals surface area contributed by atoms with E-state index in [2.05, 4.69) is 10.6 Å². The molecule has 1 amide bonds. The summed E-state index contributed by atoms with van der Waals surface area (Å²) in [5.41, 5.74) is 7.11. The largest absolute Gasteiger partial charge is 0.397 e. The molecule has 5 heteroatoms. The van der Waals surface area contributed by atoms with E-state index in [0.717, 1.165) is 25.7 Å². The van der Waals surface area contributed by atoms with Crippen LogP contribution < -0.4 is 16.4 Å². The van der Waals surface area contributed by atoms with E-state index in [0.29, 0.717) is 23.5 Å². The Morgan fingerprint density at radius 1 is 1.29 bits per heavy atom. The summed E-state index contributed by atoms with van der Waals surface area (Å²) in [6.45, 7) is 0.467. The van der Waals surface area contributed by atoms with Crippen LogP contribution in [-0.2, 0) is 0 Å². The summed E-state index contributed by atoms with van der Waals surface area (Å²) in [7, 11) is 1.60. The van der Waals surface area contributed by atoms with Crippen molar-refractivity contribution in [3.63, 3.8) is 0 Å². The van der Waals surface area contributed by atoms with Crippen LogP contribution in [0.2, 0.25) is 0 Å². The molecule has 1 aromatic carbocycles. The molecule has 0 heterocycles. The van der Waals surface area contributed by atoms with Gasteiger partial charge in [0.1, 0.15) is 0 Å². The van der Waals surface area contributed by atoms with Crippen LogP contribution in [0.5, 0.6) is 0 Å². The van der Waals surface area contributed by atoms with Crippen molar-refractivity contribution in [3.8, 4) is 0 Å². The number of amides is 1. The van der Waals surface area contributed by atoms with Crippen LogP contribution in [0.15, 0.2) is 18.2 Å². The van der Waals surface area contributed by atoms with Crippen molar-refractivity contribution >= 4 is 17.3 Å². The second-order valence-corrected chi connectivity index (χ2v) is 5.87. The fourth-order valence-electron chi connectivity index (χ4n) is 2.82. The maximum Gasteiger partial charge on any atom is 0.251 e. The molecule has 0 radical (unpaired) electrons. The first-order chi connectivity index (χ1) is 10.0. The van der Waals surface area contributed by atoms with Crippen LogP contribution in [0.3, 0.4) is 0 Å². The predicted octanol–water partition coefficient (Wildman–Crippen LogP) is 2.13. The quantitative estimate of drug-likeness (QED) is 0.505. The van der Waals surface area contributed by atoms with E-state index in [-0.39, 0.29) is 5.91 Å². The van der Waals surface area contributed by atoms with Crippen molar-refractivity contribution in [2.24, 2.45) is 0 Å². The average Bonchev–Trinajstić information content (AvgIpc) is 2.71. The van der Waals surface area contributed by atoms with E-state index in [1.165, 1.54) is 12.8 Å². The number of hydrogen-bond acceptors (Lipinski definition) is 4. The number of aliphatic hydroxyl groups is 1. The highest BCUT2D eigenvalue weighted by atomic mass is 16.3. The van der Waals surface area contributed by atoms with Gasteiger partial charge in [-0.05, 0) is 31.0 Å². The number of anilines is 2. The van der Waals surface area contributed by atoms with Gasteiger partial charge in [-0.1, -0.05) is 25.7 Å². The van der Waals surface area contributed by atoms with Crippen LogP contribution in [0.4, 0.5) is 11.4 Å². The van der Waals surface area contributed by atoms with Crippen molar-refractivity contribution in [2.75, 3.05) is 24.6 Å². The van der Waals surface area contributed by atoms with Crippen LogP contribution in [0, 0.1) is 0 Å². The summed E-state index contributed by atoms with van der Waals surface area (Å²) in [5.74, 6) is -0.147. The van der Waals surface area contributed by atoms with E-state index in [4.69, 9.17) is 5.73 Å². The topological polar surface area (TPSA) is 87.4 Å². The van der Waals surface area contributed by atoms with Crippen LogP contribution in [0.1, 0.15) is 48.9 Å². The standard InChI is InChI=1S/C16H25N3O2/c1-18-15(20)12-6-7-13(17)14(10-12)19-11-16(21)8-4-2-3-5-9-16/h6-7,10,19,21H,2-5,8-9,11,17H2,1H3,(H,18,20). The number of benzene rings is 1. The molecule has 0 bridgehead atoms. The molecule has 0 saturated heterocycles. The fourth-order valence-corrected chi connectivity index (χ4v) is 2.82. The smallest absolute Gasteiger partial charge is 0.251 e. The van der Waals surface area contributed by atoms with Crippen molar-refractivity contribution in [1.29, 1.82) is 0 Å². The highest BCUT2D eigenvalue weighted by Crippen LogP contribution is 2.28. The fraction of sp³-hybridized carbons (Fsp3) is 0.562. The first-order valence-electron chi connectivity index (χ1n) is 7.62. The lowest BCUT2D eigenvalue weighted by atomic mass is 9.94. The number of hydrogen-bond donors (Lipinski definition) is 4. The lowest BCUT2D eigenvalue weighted by Gasteiger charge is -2.27. The molecule has 1 fully saturated rings. The monoisotopic (exact) mass is 291 g/mol. The van der Waals surface area contributed by atoms with Gasteiger partial charge in [-0.25, -0.2) is 0 Å². The molecule has 1 aliphatic rings. The third kappa shape index (κ3) is 4.11. The van der Waals surface area contributed by atoms with Gasteiger partial charge in [0.2, 0.25) is 0 Å². The van der Waals surface area contributed by atoms with Crippen LogP contribution in [0.25, 0.3) is 0 Å². The molecular formula is C16H25N3O2. The number of nitrogens with one attached hydrogen (secondary N) is 2. The van der Waals surface area contributed by atoms with E-state index in [1.54, 1.807) is 25.2 Å². The Morgan fingerprint density at radius 2 is 1.95 bits per heavy atom. The molecule has 5 N–H and O–H groups in total. The molecule has 21 heavy (non-hydrogen) atoms. The van der Waals surface area contributed by atoms with Crippen molar-refractivity contribution < 1.29 is 9.90 Å². The number of carbonyl (C=O) groups is 1. The molecule has 0 aromatic heterocycles. The van der Waals surface area contributed by atoms with E-state index < -0.39 is 5.60 Å². The SMILES string of the molecule is CNC(=O)c1ccc(N)c(NCC2(O)CCCCCC2)c1. The normalized spacial score (nSPS) is 17.8. The molecule has 5 nitrogen and oxygen atoms in total. The van der Waals surface area contributed by atoms with Crippen LogP contribution >= 0.6 is 0 Å². The molecule has 0 aliphatic heterocycles. The van der Waals surface area contributed by atoms with Gasteiger partial charge in [0.15, 0.2) is 0 Å². The maximum absolute atomic E-state index is 11.7. The number of nitrogen functional groups attached to an aromatic ring is 1. The van der Waals surface area contributed by atoms with Gasteiger partial charge in [-0.3, -0.25) is 4.79 Å². The summed E-state index contributed by atoms with van der Waals surface area (Å²) in [6.07, 6.45) is 6.13. The van der Waals surface area contributed by atoms with Gasteiger partial charge >= 0.3 is 0 Å². The zero-order valence-electron chi connectivity index (χ0n) is 12.6. The number of rotatable bonds is 4. The van der Waals surface area contributed by atoms with Gasteiger partial charge in [0, 0.05) is 19.2 Å². The second-order valence-electron chi connectivity index (χ2n) is 5.87. The molecule has 1 saturated carbocycles. The third-order valence-corrected chi connectivity index (χ3v) is 4.18. The van der Waals surface area contributed by atoms with Crippen LogP contribution in [-0.4, -0.2) is 30.2 Å². The number of carbonyl (C=O) groups excluding carboxylic acids is 1. The molecule has 0 unspecified atom stereocenters. The van der Waals surface area contributed by atoms with Gasteiger partial charge in [-0.15, -0.1) is 0 Å². The first kappa shape index (κ1) is 15.6. The number of nitrogens with two attached hydrogens (primary N) is 1. The molecule has 0 spiro atoms. The Bertz CT molecular complexity index is 494. The van der Waals surface area contributed by atoms with Gasteiger partial charge in [0.25, 0.3) is 5.91 Å². The summed E-state index contributed by atoms with van der Waals surface area (Å²) < 4.78 is 0. The molecule has 2 rings (SSSR count). The maximum atomic E-state index is 11.7.